The predicted octanol–water partition coefficient (Wildman–Crippen LogP) is 11.3. The summed E-state index contributed by atoms with van der Waals surface area (Å²) in [5, 5.41) is 0.432. The van der Waals surface area contributed by atoms with Crippen LogP contribution in [-0.2, 0) is 0 Å². The second kappa shape index (κ2) is 9.22. The summed E-state index contributed by atoms with van der Waals surface area (Å²) in [5.41, 5.74) is 0.375. The molecule has 8 aromatic rings. The van der Waals surface area contributed by atoms with Gasteiger partial charge in [-0.15, -0.1) is 0 Å². The number of fused-ring (bicyclic) bond motifs is 4. The molecule has 0 amide bonds. The second-order valence-corrected chi connectivity index (χ2v) is 9.43. The third-order valence-electron chi connectivity index (χ3n) is 7.16. The lowest BCUT2D eigenvalue weighted by Gasteiger charge is -2.20. The van der Waals surface area contributed by atoms with Gasteiger partial charge in [0, 0.05) is 0 Å². The minimum Gasteiger partial charge on any atom is -0.0622 e. The van der Waals surface area contributed by atoms with Gasteiger partial charge < -0.3 is 0 Å². The summed E-state index contributed by atoms with van der Waals surface area (Å²) in [4.78, 5) is 0. The number of hydrogen-bond donors (Lipinski definition) is 0. The lowest BCUT2D eigenvalue weighted by atomic mass is 9.83. The third kappa shape index (κ3) is 3.61. The highest BCUT2D eigenvalue weighted by atomic mass is 14.2. The van der Waals surface area contributed by atoms with Crippen molar-refractivity contribution in [3.05, 3.63) is 157 Å². The van der Waals surface area contributed by atoms with Crippen molar-refractivity contribution in [2.24, 2.45) is 0 Å². The van der Waals surface area contributed by atoms with Gasteiger partial charge in [0.1, 0.15) is 0 Å². The summed E-state index contributed by atoms with van der Waals surface area (Å²) in [6.07, 6.45) is 0. The van der Waals surface area contributed by atoms with E-state index in [9.17, 15) is 8.22 Å². The zero-order chi connectivity index (χ0) is 38.7. The minimum absolute atomic E-state index is 0.0138. The Bertz CT molecular complexity index is 2970. The molecule has 8 rings (SSSR count). The fourth-order valence-corrected chi connectivity index (χ4v) is 5.35. The monoisotopic (exact) mass is 520 g/mol. The van der Waals surface area contributed by atoms with Crippen LogP contribution >= 0.6 is 0 Å². The molecule has 0 fully saturated rings. The van der Waals surface area contributed by atoms with Gasteiger partial charge in [0.2, 0.25) is 0 Å². The van der Waals surface area contributed by atoms with Crippen molar-refractivity contribution < 1.29 is 19.2 Å². The van der Waals surface area contributed by atoms with E-state index in [4.69, 9.17) is 11.0 Å². The molecular weight excluding hydrogens is 480 g/mol. The van der Waals surface area contributed by atoms with Gasteiger partial charge in [-0.3, -0.25) is 0 Å². The number of hydrogen-bond acceptors (Lipinski definition) is 0. The van der Waals surface area contributed by atoms with Gasteiger partial charge in [-0.2, -0.15) is 0 Å². The predicted molar refractivity (Wildman–Crippen MR) is 173 cm³/mol. The first-order valence-electron chi connectivity index (χ1n) is 19.7. The molecule has 0 heterocycles. The first-order chi connectivity index (χ1) is 25.7. The Balaban J connectivity index is 1.79. The van der Waals surface area contributed by atoms with E-state index < -0.39 is 66.5 Å². The zero-order valence-corrected chi connectivity index (χ0v) is 20.9. The molecule has 0 N–H and O–H groups in total. The summed E-state index contributed by atoms with van der Waals surface area (Å²) in [7, 11) is 0. The van der Waals surface area contributed by atoms with Crippen LogP contribution in [0.4, 0.5) is 0 Å². The van der Waals surface area contributed by atoms with E-state index in [0.717, 1.165) is 10.8 Å². The van der Waals surface area contributed by atoms with Gasteiger partial charge in [-0.1, -0.05) is 145 Å². The molecule has 0 bridgehead atoms. The molecule has 186 valence electrons. The van der Waals surface area contributed by atoms with Crippen molar-refractivity contribution in [1.82, 2.24) is 0 Å². The highest BCUT2D eigenvalue weighted by Crippen LogP contribution is 2.46. The quantitative estimate of drug-likeness (QED) is 0.203. The summed E-state index contributed by atoms with van der Waals surface area (Å²) in [6.45, 7) is 0. The van der Waals surface area contributed by atoms with Crippen molar-refractivity contribution in [3.8, 4) is 33.4 Å². The van der Waals surface area contributed by atoms with Crippen molar-refractivity contribution in [1.29, 1.82) is 0 Å². The van der Waals surface area contributed by atoms with Crippen molar-refractivity contribution >= 4 is 43.1 Å². The van der Waals surface area contributed by atoms with Crippen LogP contribution in [0, 0.1) is 0 Å². The molecule has 0 spiro atoms. The van der Waals surface area contributed by atoms with E-state index in [1.807, 2.05) is 30.3 Å². The molecule has 8 aromatic carbocycles. The van der Waals surface area contributed by atoms with Crippen LogP contribution in [0.25, 0.3) is 76.5 Å². The van der Waals surface area contributed by atoms with E-state index in [1.165, 1.54) is 0 Å². The number of rotatable bonds is 3. The minimum atomic E-state index is -0.707. The standard InChI is InChI=1S/C40H26/c1-2-11-27(12-3-1)31-23-24-37-38(26-31)40(34-20-10-16-29-14-6-7-17-33(29)34)36-19-9-8-18-35(36)39(37)32-22-21-28-13-4-5-15-30(28)25-32/h1-26H/i6D,7D,8D,9D,10D,14D,16D,17D,18D,19D,20D,23D,24D,26D. The SMILES string of the molecule is [2H]c1c([2H])c([2H])c2c(-c3c4c([2H])c([2H])c([2H])c([2H])c4c(-c4ccc5ccccc5c4)c4c([2H])c([2H])c(-c5ccccc5)c([2H])c34)c([2H])c([2H])c([2H])c2c1[2H]. The Hall–Kier alpha value is -5.20. The van der Waals surface area contributed by atoms with E-state index in [-0.39, 0.29) is 72.7 Å². The first kappa shape index (κ1) is 12.8. The fourth-order valence-electron chi connectivity index (χ4n) is 5.35. The lowest BCUT2D eigenvalue weighted by Crippen LogP contribution is -1.92. The second-order valence-electron chi connectivity index (χ2n) is 9.43. The Labute approximate surface area is 253 Å². The first-order valence-corrected chi connectivity index (χ1v) is 12.7. The van der Waals surface area contributed by atoms with Crippen LogP contribution in [0.1, 0.15) is 19.2 Å². The van der Waals surface area contributed by atoms with E-state index in [0.29, 0.717) is 11.1 Å². The Morgan fingerprint density at radius 3 is 1.90 bits per heavy atom. The van der Waals surface area contributed by atoms with Gasteiger partial charge in [-0.05, 0) is 88.6 Å². The molecule has 0 aromatic heterocycles. The van der Waals surface area contributed by atoms with Gasteiger partial charge in [0.05, 0.1) is 19.2 Å². The third-order valence-corrected chi connectivity index (χ3v) is 7.16. The maximum Gasteiger partial charge on any atom is 0.0636 e. The molecule has 0 aliphatic heterocycles. The van der Waals surface area contributed by atoms with E-state index in [1.54, 1.807) is 42.5 Å². The van der Waals surface area contributed by atoms with Crippen LogP contribution in [0.3, 0.4) is 0 Å². The number of benzene rings is 8. The normalized spacial score (nSPS) is 16.4. The van der Waals surface area contributed by atoms with Crippen LogP contribution in [0.5, 0.6) is 0 Å². The van der Waals surface area contributed by atoms with Gasteiger partial charge in [0.25, 0.3) is 0 Å². The van der Waals surface area contributed by atoms with E-state index >= 15 is 0 Å². The summed E-state index contributed by atoms with van der Waals surface area (Å²) in [6, 6.07) is 13.2. The topological polar surface area (TPSA) is 0 Å². The van der Waals surface area contributed by atoms with E-state index in [2.05, 4.69) is 0 Å². The van der Waals surface area contributed by atoms with Crippen molar-refractivity contribution in [2.75, 3.05) is 0 Å². The summed E-state index contributed by atoms with van der Waals surface area (Å²) < 4.78 is 127. The fraction of sp³-hybridized carbons (Fsp3) is 0. The highest BCUT2D eigenvalue weighted by molar-refractivity contribution is 6.24. The maximum absolute atomic E-state index is 9.85. The average Bonchev–Trinajstić information content (AvgIpc) is 3.18. The smallest absolute Gasteiger partial charge is 0.0622 e. The molecule has 0 atom stereocenters. The summed E-state index contributed by atoms with van der Waals surface area (Å²) in [5.74, 6) is 0. The van der Waals surface area contributed by atoms with Crippen LogP contribution in [-0.4, -0.2) is 0 Å². The molecule has 0 saturated carbocycles. The largest absolute Gasteiger partial charge is 0.0636 e. The van der Waals surface area contributed by atoms with Crippen LogP contribution in [0.15, 0.2) is 157 Å². The zero-order valence-electron chi connectivity index (χ0n) is 34.9. The molecule has 0 aliphatic carbocycles. The van der Waals surface area contributed by atoms with Crippen molar-refractivity contribution in [2.45, 2.75) is 0 Å². The molecule has 40 heavy (non-hydrogen) atoms. The van der Waals surface area contributed by atoms with Gasteiger partial charge in [-0.25, -0.2) is 0 Å². The molecule has 0 heteroatoms. The molecular formula is C40H26. The van der Waals surface area contributed by atoms with Gasteiger partial charge >= 0.3 is 0 Å². The molecule has 0 radical (unpaired) electrons. The lowest BCUT2D eigenvalue weighted by molar-refractivity contribution is 1.64. The Morgan fingerprint density at radius 2 is 1.05 bits per heavy atom. The Morgan fingerprint density at radius 1 is 0.375 bits per heavy atom. The maximum atomic E-state index is 9.85. The highest BCUT2D eigenvalue weighted by Gasteiger charge is 2.19. The molecule has 0 unspecified atom stereocenters. The Kier molecular flexibility index (Phi) is 2.94. The van der Waals surface area contributed by atoms with Crippen LogP contribution < -0.4 is 0 Å². The molecule has 0 nitrogen and oxygen atoms in total. The van der Waals surface area contributed by atoms with Gasteiger partial charge in [0.15, 0.2) is 0 Å². The average molecular weight is 521 g/mol. The molecule has 0 saturated heterocycles. The van der Waals surface area contributed by atoms with Crippen LogP contribution in [0.2, 0.25) is 0 Å². The van der Waals surface area contributed by atoms with Crippen molar-refractivity contribution in [3.63, 3.8) is 0 Å². The molecule has 0 aliphatic rings. The summed E-state index contributed by atoms with van der Waals surface area (Å²) >= 11 is 0.